The molecule has 172 valence electrons. The van der Waals surface area contributed by atoms with E-state index >= 15 is 0 Å². The summed E-state index contributed by atoms with van der Waals surface area (Å²) in [6, 6.07) is 15.6. The van der Waals surface area contributed by atoms with E-state index in [1.165, 1.54) is 30.3 Å². The van der Waals surface area contributed by atoms with E-state index in [0.717, 1.165) is 25.9 Å². The molecular formula is C21H15BrCl2N2O4S3. The van der Waals surface area contributed by atoms with Crippen molar-refractivity contribution in [1.82, 2.24) is 0 Å². The van der Waals surface area contributed by atoms with Crippen LogP contribution in [0.3, 0.4) is 0 Å². The van der Waals surface area contributed by atoms with Crippen LogP contribution in [0.2, 0.25) is 10.0 Å². The molecule has 0 aliphatic heterocycles. The van der Waals surface area contributed by atoms with Crippen LogP contribution in [0.5, 0.6) is 0 Å². The lowest BCUT2D eigenvalue weighted by Crippen LogP contribution is -2.17. The second-order valence-electron chi connectivity index (χ2n) is 6.99. The Balaban J connectivity index is 1.69. The molecule has 3 aromatic carbocycles. The zero-order chi connectivity index (χ0) is 24.0. The zero-order valence-corrected chi connectivity index (χ0v) is 22.3. The zero-order valence-electron chi connectivity index (χ0n) is 16.8. The van der Waals surface area contributed by atoms with Crippen molar-refractivity contribution in [3.8, 4) is 0 Å². The van der Waals surface area contributed by atoms with Crippen molar-refractivity contribution in [2.24, 2.45) is 0 Å². The Labute approximate surface area is 213 Å². The summed E-state index contributed by atoms with van der Waals surface area (Å²) < 4.78 is 58.9. The Morgan fingerprint density at radius 1 is 0.818 bits per heavy atom. The fraction of sp³-hybridized carbons (Fsp3) is 0.0476. The van der Waals surface area contributed by atoms with Gasteiger partial charge in [-0.05, 0) is 66.4 Å². The minimum Gasteiger partial charge on any atom is -0.277 e. The number of hydrogen-bond donors (Lipinski definition) is 2. The molecule has 0 fully saturated rings. The van der Waals surface area contributed by atoms with Gasteiger partial charge in [0, 0.05) is 9.17 Å². The molecule has 4 aromatic rings. The first-order valence-corrected chi connectivity index (χ1v) is 14.6. The molecule has 0 saturated carbocycles. The van der Waals surface area contributed by atoms with E-state index in [1.807, 2.05) is 18.2 Å². The standard InChI is InChI=1S/C21H15BrCl2N2O4S3/c1-12-15-10-13(22)6-9-20(15)31-21(12)33(29,30)26-19-5-3-2-4-18(19)25-32(27,28)14-7-8-16(23)17(24)11-14/h2-11,25-26H,1H3. The summed E-state index contributed by atoms with van der Waals surface area (Å²) in [5, 5.41) is 1.12. The lowest BCUT2D eigenvalue weighted by molar-refractivity contribution is 0.599. The summed E-state index contributed by atoms with van der Waals surface area (Å²) in [6.07, 6.45) is 0. The SMILES string of the molecule is Cc1c(S(=O)(=O)Nc2ccccc2NS(=O)(=O)c2ccc(Cl)c(Cl)c2)sc2ccc(Br)cc12. The molecule has 0 atom stereocenters. The average Bonchev–Trinajstić information content (AvgIpc) is 3.08. The van der Waals surface area contributed by atoms with E-state index in [9.17, 15) is 16.8 Å². The van der Waals surface area contributed by atoms with Crippen molar-refractivity contribution in [1.29, 1.82) is 0 Å². The highest BCUT2D eigenvalue weighted by Gasteiger charge is 2.24. The number of aryl methyl sites for hydroxylation is 1. The van der Waals surface area contributed by atoms with E-state index in [1.54, 1.807) is 19.1 Å². The molecule has 4 rings (SSSR count). The number of thiophene rings is 1. The Bertz CT molecular complexity index is 1600. The number of anilines is 2. The van der Waals surface area contributed by atoms with Gasteiger partial charge < -0.3 is 0 Å². The predicted octanol–water partition coefficient (Wildman–Crippen LogP) is 6.88. The molecule has 0 spiro atoms. The van der Waals surface area contributed by atoms with Gasteiger partial charge in [0.25, 0.3) is 20.0 Å². The largest absolute Gasteiger partial charge is 0.277 e. The lowest BCUT2D eigenvalue weighted by atomic mass is 10.2. The third-order valence-electron chi connectivity index (χ3n) is 4.72. The van der Waals surface area contributed by atoms with Gasteiger partial charge in [0.15, 0.2) is 0 Å². The van der Waals surface area contributed by atoms with Gasteiger partial charge in [0.1, 0.15) is 4.21 Å². The molecular weight excluding hydrogens is 591 g/mol. The van der Waals surface area contributed by atoms with Gasteiger partial charge in [-0.1, -0.05) is 51.3 Å². The quantitative estimate of drug-likeness (QED) is 0.250. The highest BCUT2D eigenvalue weighted by atomic mass is 79.9. The number of para-hydroxylation sites is 2. The number of sulfonamides is 2. The van der Waals surface area contributed by atoms with Crippen molar-refractivity contribution in [2.45, 2.75) is 16.0 Å². The van der Waals surface area contributed by atoms with Gasteiger partial charge in [-0.15, -0.1) is 11.3 Å². The van der Waals surface area contributed by atoms with E-state index in [4.69, 9.17) is 23.2 Å². The molecule has 0 radical (unpaired) electrons. The molecule has 0 saturated heterocycles. The fourth-order valence-electron chi connectivity index (χ4n) is 3.13. The van der Waals surface area contributed by atoms with Crippen molar-refractivity contribution in [3.05, 3.63) is 80.7 Å². The van der Waals surface area contributed by atoms with Crippen LogP contribution in [0.25, 0.3) is 10.1 Å². The van der Waals surface area contributed by atoms with Crippen LogP contribution >= 0.6 is 50.5 Å². The van der Waals surface area contributed by atoms with Crippen LogP contribution < -0.4 is 9.44 Å². The second-order valence-corrected chi connectivity index (χ2v) is 13.3. The number of nitrogens with one attached hydrogen (secondary N) is 2. The smallest absolute Gasteiger partial charge is 0.271 e. The van der Waals surface area contributed by atoms with E-state index < -0.39 is 20.0 Å². The first-order valence-electron chi connectivity index (χ1n) is 9.26. The van der Waals surface area contributed by atoms with Gasteiger partial charge in [-0.25, -0.2) is 16.8 Å². The normalized spacial score (nSPS) is 12.1. The molecule has 0 unspecified atom stereocenters. The molecule has 2 N–H and O–H groups in total. The minimum absolute atomic E-state index is 0.0636. The third-order valence-corrected chi connectivity index (χ3v) is 10.6. The summed E-state index contributed by atoms with van der Waals surface area (Å²) in [7, 11) is -8.05. The van der Waals surface area contributed by atoms with Crippen LogP contribution in [0.15, 0.2) is 74.2 Å². The minimum atomic E-state index is -4.06. The van der Waals surface area contributed by atoms with E-state index in [2.05, 4.69) is 25.4 Å². The number of hydrogen-bond acceptors (Lipinski definition) is 5. The predicted molar refractivity (Wildman–Crippen MR) is 139 cm³/mol. The summed E-state index contributed by atoms with van der Waals surface area (Å²) in [4.78, 5) is -0.111. The maximum absolute atomic E-state index is 13.2. The average molecular weight is 606 g/mol. The van der Waals surface area contributed by atoms with Crippen LogP contribution in [0.1, 0.15) is 5.56 Å². The Hall–Kier alpha value is -1.82. The van der Waals surface area contributed by atoms with Gasteiger partial charge in [-0.2, -0.15) is 0 Å². The highest BCUT2D eigenvalue weighted by Crippen LogP contribution is 2.37. The van der Waals surface area contributed by atoms with Gasteiger partial charge >= 0.3 is 0 Å². The van der Waals surface area contributed by atoms with Crippen LogP contribution in [0.4, 0.5) is 11.4 Å². The number of halogens is 3. The van der Waals surface area contributed by atoms with Gasteiger partial charge in [-0.3, -0.25) is 9.44 Å². The summed E-state index contributed by atoms with van der Waals surface area (Å²) in [5.74, 6) is 0. The summed E-state index contributed by atoms with van der Waals surface area (Å²) >= 11 is 16.4. The van der Waals surface area contributed by atoms with Crippen molar-refractivity contribution >= 4 is 92.0 Å². The maximum Gasteiger partial charge on any atom is 0.271 e. The molecule has 1 heterocycles. The molecule has 0 bridgehead atoms. The monoisotopic (exact) mass is 604 g/mol. The summed E-state index contributed by atoms with van der Waals surface area (Å²) in [5.41, 5.74) is 0.755. The van der Waals surface area contributed by atoms with Crippen molar-refractivity contribution in [3.63, 3.8) is 0 Å². The molecule has 0 amide bonds. The third kappa shape index (κ3) is 5.01. The molecule has 33 heavy (non-hydrogen) atoms. The first-order chi connectivity index (χ1) is 15.5. The van der Waals surface area contributed by atoms with Crippen LogP contribution in [-0.4, -0.2) is 16.8 Å². The molecule has 0 aliphatic rings. The number of fused-ring (bicyclic) bond motifs is 1. The van der Waals surface area contributed by atoms with E-state index in [0.29, 0.717) is 5.56 Å². The second kappa shape index (κ2) is 9.09. The topological polar surface area (TPSA) is 92.3 Å². The van der Waals surface area contributed by atoms with Gasteiger partial charge in [0.2, 0.25) is 0 Å². The van der Waals surface area contributed by atoms with Gasteiger partial charge in [0.05, 0.1) is 26.3 Å². The van der Waals surface area contributed by atoms with Crippen LogP contribution in [0, 0.1) is 6.92 Å². The molecule has 0 aliphatic carbocycles. The Morgan fingerprint density at radius 2 is 1.45 bits per heavy atom. The number of benzene rings is 3. The van der Waals surface area contributed by atoms with E-state index in [-0.39, 0.29) is 30.5 Å². The molecule has 6 nitrogen and oxygen atoms in total. The first kappa shape index (κ1) is 24.3. The Kier molecular flexibility index (Phi) is 6.69. The van der Waals surface area contributed by atoms with Crippen molar-refractivity contribution < 1.29 is 16.8 Å². The van der Waals surface area contributed by atoms with Crippen LogP contribution in [-0.2, 0) is 20.0 Å². The highest BCUT2D eigenvalue weighted by molar-refractivity contribution is 9.10. The molecule has 12 heteroatoms. The van der Waals surface area contributed by atoms with Crippen molar-refractivity contribution in [2.75, 3.05) is 9.44 Å². The summed E-state index contributed by atoms with van der Waals surface area (Å²) in [6.45, 7) is 1.73. The number of rotatable bonds is 6. The Morgan fingerprint density at radius 3 is 2.09 bits per heavy atom. The lowest BCUT2D eigenvalue weighted by Gasteiger charge is -2.14. The molecule has 1 aromatic heterocycles. The maximum atomic E-state index is 13.2. The fourth-order valence-corrected chi connectivity index (χ4v) is 7.78.